The number of nitrogens with one attached hydrogen (secondary N) is 1. The van der Waals surface area contributed by atoms with Gasteiger partial charge in [-0.15, -0.1) is 0 Å². The maximum absolute atomic E-state index is 12.9. The SMILES string of the molecule is Cc1ccc(NC(=O)CN(C)C(=O)COC(=O)c2cc(C(C)C)nc3c2cnn3C(C)C)cc1. The number of fused-ring (bicyclic) bond motifs is 1. The summed E-state index contributed by atoms with van der Waals surface area (Å²) in [6.45, 7) is 9.25. The standard InChI is InChI=1S/C25H31N5O4/c1-15(2)21-11-19(20-12-26-30(16(3)4)24(20)28-21)25(33)34-14-23(32)29(6)13-22(31)27-18-9-7-17(5)8-10-18/h7-12,15-16H,13-14H2,1-6H3,(H,27,31). The van der Waals surface area contributed by atoms with Gasteiger partial charge in [-0.3, -0.25) is 9.59 Å². The number of hydrogen-bond acceptors (Lipinski definition) is 6. The van der Waals surface area contributed by atoms with E-state index in [2.05, 4.69) is 15.4 Å². The molecule has 0 saturated heterocycles. The fourth-order valence-corrected chi connectivity index (χ4v) is 3.34. The highest BCUT2D eigenvalue weighted by Crippen LogP contribution is 2.25. The molecule has 0 aliphatic carbocycles. The number of carbonyl (C=O) groups excluding carboxylic acids is 3. The number of aromatic nitrogens is 3. The third kappa shape index (κ3) is 5.78. The average molecular weight is 466 g/mol. The molecule has 3 aromatic rings. The topological polar surface area (TPSA) is 106 Å². The Hall–Kier alpha value is -3.75. The van der Waals surface area contributed by atoms with E-state index in [9.17, 15) is 14.4 Å². The molecule has 0 aliphatic rings. The number of anilines is 1. The van der Waals surface area contributed by atoms with Gasteiger partial charge in [0.15, 0.2) is 12.3 Å². The van der Waals surface area contributed by atoms with Gasteiger partial charge in [0, 0.05) is 24.5 Å². The summed E-state index contributed by atoms with van der Waals surface area (Å²) >= 11 is 0. The molecule has 3 rings (SSSR count). The fraction of sp³-hybridized carbons (Fsp3) is 0.400. The van der Waals surface area contributed by atoms with Gasteiger partial charge in [0.2, 0.25) is 5.91 Å². The number of nitrogens with zero attached hydrogens (tertiary/aromatic N) is 4. The monoisotopic (exact) mass is 465 g/mol. The number of hydrogen-bond donors (Lipinski definition) is 1. The van der Waals surface area contributed by atoms with E-state index in [1.54, 1.807) is 29.1 Å². The van der Waals surface area contributed by atoms with Gasteiger partial charge < -0.3 is 15.0 Å². The van der Waals surface area contributed by atoms with Crippen LogP contribution in [0.25, 0.3) is 11.0 Å². The smallest absolute Gasteiger partial charge is 0.339 e. The molecule has 0 atom stereocenters. The van der Waals surface area contributed by atoms with E-state index in [0.29, 0.717) is 22.3 Å². The molecule has 2 aromatic heterocycles. The first-order valence-electron chi connectivity index (χ1n) is 11.2. The van der Waals surface area contributed by atoms with Crippen LogP contribution in [0.2, 0.25) is 0 Å². The Balaban J connectivity index is 1.65. The van der Waals surface area contributed by atoms with Gasteiger partial charge in [-0.25, -0.2) is 14.5 Å². The highest BCUT2D eigenvalue weighted by Gasteiger charge is 2.22. The second-order valence-electron chi connectivity index (χ2n) is 8.91. The molecule has 2 heterocycles. The summed E-state index contributed by atoms with van der Waals surface area (Å²) in [4.78, 5) is 43.5. The van der Waals surface area contributed by atoms with Crippen LogP contribution in [-0.2, 0) is 14.3 Å². The molecule has 0 radical (unpaired) electrons. The Morgan fingerprint density at radius 1 is 1.12 bits per heavy atom. The molecule has 1 N–H and O–H groups in total. The third-order valence-corrected chi connectivity index (χ3v) is 5.36. The van der Waals surface area contributed by atoms with Crippen molar-refractivity contribution in [1.82, 2.24) is 19.7 Å². The molecule has 1 aromatic carbocycles. The number of likely N-dealkylation sites (N-methyl/N-ethyl adjacent to an activating group) is 1. The van der Waals surface area contributed by atoms with E-state index in [-0.39, 0.29) is 24.4 Å². The van der Waals surface area contributed by atoms with Gasteiger partial charge in [0.1, 0.15) is 0 Å². The van der Waals surface area contributed by atoms with Crippen LogP contribution in [0.4, 0.5) is 5.69 Å². The van der Waals surface area contributed by atoms with Gasteiger partial charge in [0.05, 0.1) is 23.7 Å². The number of amides is 2. The third-order valence-electron chi connectivity index (χ3n) is 5.36. The molecule has 2 amide bonds. The quantitative estimate of drug-likeness (QED) is 0.509. The number of rotatable bonds is 8. The number of pyridine rings is 1. The van der Waals surface area contributed by atoms with Crippen LogP contribution in [0.3, 0.4) is 0 Å². The minimum atomic E-state index is -0.636. The Kier molecular flexibility index (Phi) is 7.65. The van der Waals surface area contributed by atoms with E-state index in [1.165, 1.54) is 11.9 Å². The predicted molar refractivity (Wildman–Crippen MR) is 130 cm³/mol. The molecule has 180 valence electrons. The Labute approximate surface area is 199 Å². The zero-order valence-corrected chi connectivity index (χ0v) is 20.5. The molecule has 0 spiro atoms. The van der Waals surface area contributed by atoms with Crippen LogP contribution in [-0.4, -0.2) is 57.6 Å². The molecule has 34 heavy (non-hydrogen) atoms. The van der Waals surface area contributed by atoms with E-state index in [0.717, 1.165) is 11.3 Å². The largest absolute Gasteiger partial charge is 0.452 e. The Morgan fingerprint density at radius 2 is 1.79 bits per heavy atom. The molecular weight excluding hydrogens is 434 g/mol. The highest BCUT2D eigenvalue weighted by atomic mass is 16.5. The van der Waals surface area contributed by atoms with E-state index < -0.39 is 18.5 Å². The van der Waals surface area contributed by atoms with Gasteiger partial charge in [0.25, 0.3) is 5.91 Å². The first-order chi connectivity index (χ1) is 16.1. The highest BCUT2D eigenvalue weighted by molar-refractivity contribution is 6.03. The fourth-order valence-electron chi connectivity index (χ4n) is 3.34. The minimum absolute atomic E-state index is 0.0672. The van der Waals surface area contributed by atoms with Crippen molar-refractivity contribution in [3.63, 3.8) is 0 Å². The zero-order valence-electron chi connectivity index (χ0n) is 20.5. The summed E-state index contributed by atoms with van der Waals surface area (Å²) in [5.74, 6) is -1.38. The molecule has 0 unspecified atom stereocenters. The van der Waals surface area contributed by atoms with Crippen molar-refractivity contribution in [2.45, 2.75) is 46.6 Å². The van der Waals surface area contributed by atoms with Crippen LogP contribution in [0.5, 0.6) is 0 Å². The molecule has 0 fully saturated rings. The number of carbonyl (C=O) groups is 3. The average Bonchev–Trinajstić information content (AvgIpc) is 3.22. The molecule has 0 bridgehead atoms. The van der Waals surface area contributed by atoms with Crippen molar-refractivity contribution in [2.24, 2.45) is 0 Å². The van der Waals surface area contributed by atoms with Crippen molar-refractivity contribution in [3.05, 3.63) is 53.3 Å². The summed E-state index contributed by atoms with van der Waals surface area (Å²) in [6.07, 6.45) is 1.59. The maximum Gasteiger partial charge on any atom is 0.339 e. The van der Waals surface area contributed by atoms with Crippen molar-refractivity contribution in [3.8, 4) is 0 Å². The summed E-state index contributed by atoms with van der Waals surface area (Å²) in [7, 11) is 1.49. The number of esters is 1. The second-order valence-corrected chi connectivity index (χ2v) is 8.91. The van der Waals surface area contributed by atoms with Crippen molar-refractivity contribution in [1.29, 1.82) is 0 Å². The zero-order chi connectivity index (χ0) is 25.0. The lowest BCUT2D eigenvalue weighted by molar-refractivity contribution is -0.136. The Morgan fingerprint density at radius 3 is 2.41 bits per heavy atom. The van der Waals surface area contributed by atoms with Crippen LogP contribution in [0.15, 0.2) is 36.5 Å². The number of benzene rings is 1. The summed E-state index contributed by atoms with van der Waals surface area (Å²) in [5.41, 5.74) is 3.37. The molecular formula is C25H31N5O4. The minimum Gasteiger partial charge on any atom is -0.452 e. The van der Waals surface area contributed by atoms with Gasteiger partial charge >= 0.3 is 5.97 Å². The van der Waals surface area contributed by atoms with Crippen LogP contribution in [0.1, 0.15) is 61.3 Å². The van der Waals surface area contributed by atoms with Gasteiger partial charge in [-0.2, -0.15) is 5.10 Å². The first-order valence-corrected chi connectivity index (χ1v) is 11.2. The predicted octanol–water partition coefficient (Wildman–Crippen LogP) is 3.70. The summed E-state index contributed by atoms with van der Waals surface area (Å²) in [6, 6.07) is 9.10. The molecule has 9 heteroatoms. The van der Waals surface area contributed by atoms with E-state index in [1.807, 2.05) is 46.8 Å². The molecule has 0 aliphatic heterocycles. The molecule has 9 nitrogen and oxygen atoms in total. The van der Waals surface area contributed by atoms with Crippen LogP contribution in [0, 0.1) is 6.92 Å². The van der Waals surface area contributed by atoms with Crippen LogP contribution >= 0.6 is 0 Å². The normalized spacial score (nSPS) is 11.2. The lowest BCUT2D eigenvalue weighted by Crippen LogP contribution is -2.37. The molecule has 0 saturated carbocycles. The van der Waals surface area contributed by atoms with Gasteiger partial charge in [-0.1, -0.05) is 31.5 Å². The number of aryl methyl sites for hydroxylation is 1. The summed E-state index contributed by atoms with van der Waals surface area (Å²) in [5, 5.41) is 7.67. The van der Waals surface area contributed by atoms with Crippen molar-refractivity contribution in [2.75, 3.05) is 25.5 Å². The first kappa shape index (κ1) is 24.9. The van der Waals surface area contributed by atoms with E-state index in [4.69, 9.17) is 4.74 Å². The lowest BCUT2D eigenvalue weighted by atomic mass is 10.1. The van der Waals surface area contributed by atoms with Crippen LogP contribution < -0.4 is 5.32 Å². The van der Waals surface area contributed by atoms with Crippen molar-refractivity contribution < 1.29 is 19.1 Å². The van der Waals surface area contributed by atoms with Gasteiger partial charge in [-0.05, 0) is 44.9 Å². The Bertz CT molecular complexity index is 1200. The van der Waals surface area contributed by atoms with Crippen molar-refractivity contribution >= 4 is 34.5 Å². The van der Waals surface area contributed by atoms with E-state index >= 15 is 0 Å². The maximum atomic E-state index is 12.9. The lowest BCUT2D eigenvalue weighted by Gasteiger charge is -2.17. The number of ether oxygens (including phenoxy) is 1. The second kappa shape index (κ2) is 10.5. The summed E-state index contributed by atoms with van der Waals surface area (Å²) < 4.78 is 7.06.